The number of piperazine rings is 1. The highest BCUT2D eigenvalue weighted by Crippen LogP contribution is 2.26. The molecule has 0 radical (unpaired) electrons. The Bertz CT molecular complexity index is 608. The Labute approximate surface area is 180 Å². The van der Waals surface area contributed by atoms with Crippen LogP contribution in [-0.4, -0.2) is 74.8 Å². The van der Waals surface area contributed by atoms with E-state index in [9.17, 15) is 0 Å². The van der Waals surface area contributed by atoms with Crippen molar-refractivity contribution in [1.29, 1.82) is 0 Å². The van der Waals surface area contributed by atoms with Gasteiger partial charge in [0.15, 0.2) is 5.96 Å². The Morgan fingerprint density at radius 2 is 1.89 bits per heavy atom. The van der Waals surface area contributed by atoms with E-state index in [0.29, 0.717) is 0 Å². The third kappa shape index (κ3) is 6.76. The number of guanidine groups is 1. The molecule has 0 spiro atoms. The first-order chi connectivity index (χ1) is 12.7. The number of hydrogen-bond acceptors (Lipinski definition) is 3. The van der Waals surface area contributed by atoms with Gasteiger partial charge >= 0.3 is 0 Å². The van der Waals surface area contributed by atoms with Crippen molar-refractivity contribution < 1.29 is 4.74 Å². The van der Waals surface area contributed by atoms with Gasteiger partial charge in [-0.25, -0.2) is 0 Å². The SMILES string of the molecule is CCNC(=NCC1(C)COC1)N1CCN(C/C=C/c2ccccc2)CC1.I. The lowest BCUT2D eigenvalue weighted by atomic mass is 9.89. The van der Waals surface area contributed by atoms with Gasteiger partial charge in [-0.1, -0.05) is 49.4 Å². The number of aliphatic imine (C=N–C) groups is 1. The molecule has 2 saturated heterocycles. The molecule has 2 fully saturated rings. The Morgan fingerprint density at radius 3 is 2.48 bits per heavy atom. The van der Waals surface area contributed by atoms with E-state index in [2.05, 4.69) is 71.4 Å². The quantitative estimate of drug-likeness (QED) is 0.383. The van der Waals surface area contributed by atoms with Crippen LogP contribution in [0, 0.1) is 5.41 Å². The Hall–Kier alpha value is -1.12. The zero-order valence-corrected chi connectivity index (χ0v) is 18.9. The van der Waals surface area contributed by atoms with Crippen molar-refractivity contribution >= 4 is 36.0 Å². The van der Waals surface area contributed by atoms with Gasteiger partial charge in [-0.05, 0) is 12.5 Å². The van der Waals surface area contributed by atoms with E-state index in [-0.39, 0.29) is 29.4 Å². The smallest absolute Gasteiger partial charge is 0.194 e. The van der Waals surface area contributed by atoms with Crippen LogP contribution < -0.4 is 5.32 Å². The molecule has 1 aromatic rings. The Morgan fingerprint density at radius 1 is 1.19 bits per heavy atom. The maximum Gasteiger partial charge on any atom is 0.194 e. The summed E-state index contributed by atoms with van der Waals surface area (Å²) in [6.45, 7) is 13.0. The van der Waals surface area contributed by atoms with Crippen LogP contribution in [0.1, 0.15) is 19.4 Å². The lowest BCUT2D eigenvalue weighted by Crippen LogP contribution is -2.53. The molecule has 150 valence electrons. The topological polar surface area (TPSA) is 40.1 Å². The van der Waals surface area contributed by atoms with Crippen LogP contribution >= 0.6 is 24.0 Å². The van der Waals surface area contributed by atoms with E-state index in [0.717, 1.165) is 65.0 Å². The number of nitrogens with zero attached hydrogens (tertiary/aromatic N) is 3. The highest BCUT2D eigenvalue weighted by atomic mass is 127. The van der Waals surface area contributed by atoms with Crippen LogP contribution in [0.3, 0.4) is 0 Å². The van der Waals surface area contributed by atoms with Crippen molar-refractivity contribution in [2.75, 3.05) is 59.0 Å². The molecule has 5 nitrogen and oxygen atoms in total. The Kier molecular flexibility index (Phi) is 9.05. The highest BCUT2D eigenvalue weighted by Gasteiger charge is 2.33. The molecule has 1 N–H and O–H groups in total. The molecule has 0 saturated carbocycles. The number of halogens is 1. The number of hydrogen-bond donors (Lipinski definition) is 1. The van der Waals surface area contributed by atoms with Crippen molar-refractivity contribution in [1.82, 2.24) is 15.1 Å². The van der Waals surface area contributed by atoms with Gasteiger partial charge in [-0.2, -0.15) is 0 Å². The van der Waals surface area contributed by atoms with Gasteiger partial charge in [0.05, 0.1) is 19.8 Å². The molecule has 0 bridgehead atoms. The summed E-state index contributed by atoms with van der Waals surface area (Å²) in [7, 11) is 0. The first-order valence-electron chi connectivity index (χ1n) is 9.73. The molecule has 0 amide bonds. The molecule has 27 heavy (non-hydrogen) atoms. The van der Waals surface area contributed by atoms with Gasteiger partial charge in [-0.3, -0.25) is 9.89 Å². The van der Waals surface area contributed by atoms with Gasteiger partial charge in [0.1, 0.15) is 0 Å². The van der Waals surface area contributed by atoms with E-state index in [4.69, 9.17) is 9.73 Å². The van der Waals surface area contributed by atoms with Gasteiger partial charge in [0.2, 0.25) is 0 Å². The second-order valence-electron chi connectivity index (χ2n) is 7.57. The normalized spacial score (nSPS) is 20.2. The molecular formula is C21H33IN4O. The zero-order valence-electron chi connectivity index (χ0n) is 16.6. The molecular weight excluding hydrogens is 451 g/mol. The number of benzene rings is 1. The first kappa shape index (κ1) is 22.2. The monoisotopic (exact) mass is 484 g/mol. The lowest BCUT2D eigenvalue weighted by molar-refractivity contribution is -0.0946. The molecule has 3 rings (SSSR count). The van der Waals surface area contributed by atoms with Crippen LogP contribution in [0.25, 0.3) is 6.08 Å². The largest absolute Gasteiger partial charge is 0.380 e. The second-order valence-corrected chi connectivity index (χ2v) is 7.57. The highest BCUT2D eigenvalue weighted by molar-refractivity contribution is 14.0. The predicted octanol–water partition coefficient (Wildman–Crippen LogP) is 2.94. The molecule has 6 heteroatoms. The Balaban J connectivity index is 0.00000261. The standard InChI is InChI=1S/C21H32N4O.HI/c1-3-22-20(23-16-21(2)17-26-18-21)25-14-12-24(13-15-25)11-7-10-19-8-5-4-6-9-19;/h4-10H,3,11-18H2,1-2H3,(H,22,23);1H/b10-7+;. The first-order valence-corrected chi connectivity index (χ1v) is 9.73. The lowest BCUT2D eigenvalue weighted by Gasteiger charge is -2.38. The number of ether oxygens (including phenoxy) is 1. The second kappa shape index (κ2) is 11.0. The minimum absolute atomic E-state index is 0. The third-order valence-corrected chi connectivity index (χ3v) is 4.99. The predicted molar refractivity (Wildman–Crippen MR) is 124 cm³/mol. The summed E-state index contributed by atoms with van der Waals surface area (Å²) in [5.41, 5.74) is 1.49. The average Bonchev–Trinajstić information content (AvgIpc) is 2.65. The minimum Gasteiger partial charge on any atom is -0.380 e. The fourth-order valence-electron chi connectivity index (χ4n) is 3.28. The van der Waals surface area contributed by atoms with Crippen molar-refractivity contribution in [2.45, 2.75) is 13.8 Å². The fourth-order valence-corrected chi connectivity index (χ4v) is 3.28. The molecule has 0 aromatic heterocycles. The molecule has 1 aromatic carbocycles. The van der Waals surface area contributed by atoms with Crippen LogP contribution in [0.4, 0.5) is 0 Å². The van der Waals surface area contributed by atoms with E-state index in [1.807, 2.05) is 0 Å². The molecule has 2 aliphatic heterocycles. The van der Waals surface area contributed by atoms with Gasteiger partial charge in [0, 0.05) is 44.7 Å². The summed E-state index contributed by atoms with van der Waals surface area (Å²) in [6, 6.07) is 10.5. The summed E-state index contributed by atoms with van der Waals surface area (Å²) in [4.78, 5) is 9.77. The molecule has 2 aliphatic rings. The van der Waals surface area contributed by atoms with E-state index < -0.39 is 0 Å². The van der Waals surface area contributed by atoms with Crippen molar-refractivity contribution in [3.05, 3.63) is 42.0 Å². The molecule has 0 aliphatic carbocycles. The van der Waals surface area contributed by atoms with Crippen LogP contribution in [0.2, 0.25) is 0 Å². The summed E-state index contributed by atoms with van der Waals surface area (Å²) < 4.78 is 5.34. The van der Waals surface area contributed by atoms with Crippen LogP contribution in [-0.2, 0) is 4.74 Å². The summed E-state index contributed by atoms with van der Waals surface area (Å²) >= 11 is 0. The van der Waals surface area contributed by atoms with Crippen molar-refractivity contribution in [2.24, 2.45) is 10.4 Å². The minimum atomic E-state index is 0. The van der Waals surface area contributed by atoms with Gasteiger partial charge < -0.3 is 15.0 Å². The maximum absolute atomic E-state index is 5.34. The fraction of sp³-hybridized carbons (Fsp3) is 0.571. The summed E-state index contributed by atoms with van der Waals surface area (Å²) in [5, 5.41) is 3.46. The zero-order chi connectivity index (χ0) is 18.2. The van der Waals surface area contributed by atoms with Crippen LogP contribution in [0.15, 0.2) is 41.4 Å². The summed E-state index contributed by atoms with van der Waals surface area (Å²) in [6.07, 6.45) is 4.47. The van der Waals surface area contributed by atoms with Gasteiger partial charge in [-0.15, -0.1) is 24.0 Å². The summed E-state index contributed by atoms with van der Waals surface area (Å²) in [5.74, 6) is 1.06. The molecule has 2 heterocycles. The third-order valence-electron chi connectivity index (χ3n) is 4.99. The van der Waals surface area contributed by atoms with E-state index >= 15 is 0 Å². The maximum atomic E-state index is 5.34. The average molecular weight is 484 g/mol. The number of nitrogens with one attached hydrogen (secondary N) is 1. The van der Waals surface area contributed by atoms with Gasteiger partial charge in [0.25, 0.3) is 0 Å². The van der Waals surface area contributed by atoms with E-state index in [1.165, 1.54) is 5.56 Å². The number of rotatable bonds is 6. The van der Waals surface area contributed by atoms with Crippen LogP contribution in [0.5, 0.6) is 0 Å². The molecule has 0 unspecified atom stereocenters. The van der Waals surface area contributed by atoms with E-state index in [1.54, 1.807) is 0 Å². The van der Waals surface area contributed by atoms with Crippen molar-refractivity contribution in [3.63, 3.8) is 0 Å². The molecule has 0 atom stereocenters. The van der Waals surface area contributed by atoms with Crippen molar-refractivity contribution in [3.8, 4) is 0 Å².